The third kappa shape index (κ3) is 2.84. The highest BCUT2D eigenvalue weighted by atomic mass is 16.4. The topological polar surface area (TPSA) is 57.6 Å². The van der Waals surface area contributed by atoms with Gasteiger partial charge in [0.1, 0.15) is 0 Å². The van der Waals surface area contributed by atoms with Crippen LogP contribution < -0.4 is 4.90 Å². The summed E-state index contributed by atoms with van der Waals surface area (Å²) in [5.41, 5.74) is 2.27. The number of amides is 1. The number of carbonyl (C=O) groups is 2. The zero-order chi connectivity index (χ0) is 14.9. The molecule has 0 fully saturated rings. The van der Waals surface area contributed by atoms with Crippen molar-refractivity contribution >= 4 is 17.6 Å². The van der Waals surface area contributed by atoms with E-state index >= 15 is 0 Å². The molecule has 0 aliphatic carbocycles. The van der Waals surface area contributed by atoms with Crippen LogP contribution in [0.4, 0.5) is 5.69 Å². The summed E-state index contributed by atoms with van der Waals surface area (Å²) in [6.07, 6.45) is 1.93. The van der Waals surface area contributed by atoms with Crippen LogP contribution in [-0.2, 0) is 16.0 Å². The molecule has 0 saturated carbocycles. The maximum atomic E-state index is 12.4. The lowest BCUT2D eigenvalue weighted by Gasteiger charge is -2.31. The number of hydrogen-bond acceptors (Lipinski definition) is 2. The number of carboxylic acids is 1. The predicted molar refractivity (Wildman–Crippen MR) is 77.9 cm³/mol. The van der Waals surface area contributed by atoms with E-state index in [1.807, 2.05) is 19.1 Å². The number of aryl methyl sites for hydroxylation is 2. The molecular formula is C16H21NO3. The zero-order valence-electron chi connectivity index (χ0n) is 12.3. The first-order valence-electron chi connectivity index (χ1n) is 6.94. The fourth-order valence-corrected chi connectivity index (χ4v) is 2.53. The van der Waals surface area contributed by atoms with Gasteiger partial charge in [0.15, 0.2) is 0 Å². The predicted octanol–water partition coefficient (Wildman–Crippen LogP) is 2.78. The summed E-state index contributed by atoms with van der Waals surface area (Å²) in [7, 11) is 0. The van der Waals surface area contributed by atoms with E-state index in [-0.39, 0.29) is 12.3 Å². The van der Waals surface area contributed by atoms with Crippen LogP contribution in [0.1, 0.15) is 37.8 Å². The first-order chi connectivity index (χ1) is 9.31. The second-order valence-corrected chi connectivity index (χ2v) is 6.15. The third-order valence-electron chi connectivity index (χ3n) is 3.83. The van der Waals surface area contributed by atoms with E-state index < -0.39 is 11.4 Å². The summed E-state index contributed by atoms with van der Waals surface area (Å²) in [5, 5.41) is 9.15. The number of carbonyl (C=O) groups excluding carboxylic acids is 1. The minimum Gasteiger partial charge on any atom is -0.481 e. The Kier molecular flexibility index (Phi) is 3.84. The van der Waals surface area contributed by atoms with E-state index in [4.69, 9.17) is 5.11 Å². The van der Waals surface area contributed by atoms with Crippen molar-refractivity contribution < 1.29 is 14.7 Å². The first-order valence-corrected chi connectivity index (χ1v) is 6.94. The highest BCUT2D eigenvalue weighted by molar-refractivity contribution is 5.97. The molecule has 0 unspecified atom stereocenters. The van der Waals surface area contributed by atoms with Crippen molar-refractivity contribution in [2.75, 3.05) is 11.4 Å². The molecule has 20 heavy (non-hydrogen) atoms. The zero-order valence-corrected chi connectivity index (χ0v) is 12.3. The van der Waals surface area contributed by atoms with Gasteiger partial charge in [-0.05, 0) is 45.2 Å². The Morgan fingerprint density at radius 3 is 2.70 bits per heavy atom. The molecule has 1 aromatic carbocycles. The molecule has 1 amide bonds. The van der Waals surface area contributed by atoms with Crippen LogP contribution in [0.15, 0.2) is 18.2 Å². The molecule has 1 aromatic rings. The van der Waals surface area contributed by atoms with Crippen molar-refractivity contribution in [2.45, 2.75) is 40.0 Å². The molecule has 1 aliphatic rings. The van der Waals surface area contributed by atoms with Crippen LogP contribution in [0.5, 0.6) is 0 Å². The van der Waals surface area contributed by atoms with Crippen LogP contribution in [0.3, 0.4) is 0 Å². The van der Waals surface area contributed by atoms with Gasteiger partial charge in [-0.15, -0.1) is 0 Å². The molecule has 0 atom stereocenters. The van der Waals surface area contributed by atoms with E-state index in [2.05, 4.69) is 6.07 Å². The molecule has 1 heterocycles. The molecule has 1 aliphatic heterocycles. The minimum absolute atomic E-state index is 0.0235. The SMILES string of the molecule is Cc1ccc2c(c1)CCCN2C(=O)CC(C)(C)C(=O)O. The fraction of sp³-hybridized carbons (Fsp3) is 0.500. The number of rotatable bonds is 3. The second-order valence-electron chi connectivity index (χ2n) is 6.15. The summed E-state index contributed by atoms with van der Waals surface area (Å²) in [6, 6.07) is 6.07. The molecular weight excluding hydrogens is 254 g/mol. The summed E-state index contributed by atoms with van der Waals surface area (Å²) < 4.78 is 0. The van der Waals surface area contributed by atoms with E-state index in [9.17, 15) is 9.59 Å². The van der Waals surface area contributed by atoms with E-state index in [1.54, 1.807) is 18.7 Å². The maximum absolute atomic E-state index is 12.4. The monoisotopic (exact) mass is 275 g/mol. The van der Waals surface area contributed by atoms with Crippen molar-refractivity contribution in [3.8, 4) is 0 Å². The van der Waals surface area contributed by atoms with E-state index in [0.717, 1.165) is 18.5 Å². The van der Waals surface area contributed by atoms with Crippen molar-refractivity contribution in [2.24, 2.45) is 5.41 Å². The number of benzene rings is 1. The van der Waals surface area contributed by atoms with Gasteiger partial charge in [-0.1, -0.05) is 17.7 Å². The van der Waals surface area contributed by atoms with Crippen molar-refractivity contribution in [3.63, 3.8) is 0 Å². The van der Waals surface area contributed by atoms with Gasteiger partial charge < -0.3 is 10.0 Å². The molecule has 0 spiro atoms. The van der Waals surface area contributed by atoms with Gasteiger partial charge in [-0.3, -0.25) is 9.59 Å². The van der Waals surface area contributed by atoms with Gasteiger partial charge in [0, 0.05) is 18.7 Å². The first kappa shape index (κ1) is 14.6. The normalized spacial score (nSPS) is 14.8. The summed E-state index contributed by atoms with van der Waals surface area (Å²) in [4.78, 5) is 25.3. The lowest BCUT2D eigenvalue weighted by Crippen LogP contribution is -2.39. The van der Waals surface area contributed by atoms with Crippen LogP contribution in [0, 0.1) is 12.3 Å². The average Bonchev–Trinajstić information content (AvgIpc) is 2.36. The lowest BCUT2D eigenvalue weighted by atomic mass is 9.88. The summed E-state index contributed by atoms with van der Waals surface area (Å²) in [5.74, 6) is -1.05. The van der Waals surface area contributed by atoms with Crippen LogP contribution in [-0.4, -0.2) is 23.5 Å². The van der Waals surface area contributed by atoms with Crippen molar-refractivity contribution in [1.82, 2.24) is 0 Å². The number of anilines is 1. The molecule has 2 rings (SSSR count). The fourth-order valence-electron chi connectivity index (χ4n) is 2.53. The molecule has 1 N–H and O–H groups in total. The Balaban J connectivity index is 2.23. The smallest absolute Gasteiger partial charge is 0.309 e. The lowest BCUT2D eigenvalue weighted by molar-refractivity contribution is -0.149. The van der Waals surface area contributed by atoms with Gasteiger partial charge in [0.05, 0.1) is 5.41 Å². The molecule has 4 heteroatoms. The van der Waals surface area contributed by atoms with E-state index in [0.29, 0.717) is 6.54 Å². The Morgan fingerprint density at radius 1 is 1.35 bits per heavy atom. The number of nitrogens with zero attached hydrogens (tertiary/aromatic N) is 1. The van der Waals surface area contributed by atoms with Gasteiger partial charge in [-0.2, -0.15) is 0 Å². The average molecular weight is 275 g/mol. The Labute approximate surface area is 119 Å². The summed E-state index contributed by atoms with van der Waals surface area (Å²) >= 11 is 0. The van der Waals surface area contributed by atoms with Crippen LogP contribution in [0.2, 0.25) is 0 Å². The van der Waals surface area contributed by atoms with Gasteiger partial charge in [-0.25, -0.2) is 0 Å². The highest BCUT2D eigenvalue weighted by Crippen LogP contribution is 2.30. The molecule has 0 aromatic heterocycles. The number of hydrogen-bond donors (Lipinski definition) is 1. The Bertz CT molecular complexity index is 549. The molecule has 108 valence electrons. The Morgan fingerprint density at radius 2 is 2.05 bits per heavy atom. The number of aliphatic carboxylic acids is 1. The molecule has 0 saturated heterocycles. The maximum Gasteiger partial charge on any atom is 0.309 e. The molecule has 0 radical (unpaired) electrons. The Hall–Kier alpha value is -1.84. The van der Waals surface area contributed by atoms with Gasteiger partial charge >= 0.3 is 5.97 Å². The third-order valence-corrected chi connectivity index (χ3v) is 3.83. The van der Waals surface area contributed by atoms with E-state index in [1.165, 1.54) is 11.1 Å². The quantitative estimate of drug-likeness (QED) is 0.922. The largest absolute Gasteiger partial charge is 0.481 e. The molecule has 0 bridgehead atoms. The van der Waals surface area contributed by atoms with Crippen LogP contribution >= 0.6 is 0 Å². The van der Waals surface area contributed by atoms with Gasteiger partial charge in [0.25, 0.3) is 0 Å². The standard InChI is InChI=1S/C16H21NO3/c1-11-6-7-13-12(9-11)5-4-8-17(13)14(18)10-16(2,3)15(19)20/h6-7,9H,4-5,8,10H2,1-3H3,(H,19,20). The van der Waals surface area contributed by atoms with Crippen LogP contribution in [0.25, 0.3) is 0 Å². The number of carboxylic acid groups (broad SMARTS) is 1. The van der Waals surface area contributed by atoms with Crippen molar-refractivity contribution in [1.29, 1.82) is 0 Å². The highest BCUT2D eigenvalue weighted by Gasteiger charge is 2.33. The van der Waals surface area contributed by atoms with Gasteiger partial charge in [0.2, 0.25) is 5.91 Å². The molecule has 4 nitrogen and oxygen atoms in total. The van der Waals surface area contributed by atoms with Crippen molar-refractivity contribution in [3.05, 3.63) is 29.3 Å². The minimum atomic E-state index is -1.03. The second kappa shape index (κ2) is 5.27. The number of fused-ring (bicyclic) bond motifs is 1. The summed E-state index contributed by atoms with van der Waals surface area (Å²) in [6.45, 7) is 5.89.